The van der Waals surface area contributed by atoms with Gasteiger partial charge in [-0.1, -0.05) is 0 Å². The number of amides is 2. The first kappa shape index (κ1) is 15.2. The van der Waals surface area contributed by atoms with Crippen molar-refractivity contribution in [1.82, 2.24) is 5.32 Å². The quantitative estimate of drug-likeness (QED) is 0.822. The molecule has 0 saturated carbocycles. The largest absolute Gasteiger partial charge is 0.372 e. The van der Waals surface area contributed by atoms with Crippen molar-refractivity contribution in [2.24, 2.45) is 0 Å². The Morgan fingerprint density at radius 2 is 2.00 bits per heavy atom. The van der Waals surface area contributed by atoms with Crippen LogP contribution in [0.5, 0.6) is 0 Å². The second-order valence-electron chi connectivity index (χ2n) is 4.07. The Hall–Kier alpha value is -1.88. The lowest BCUT2D eigenvalue weighted by Crippen LogP contribution is -2.23. The van der Waals surface area contributed by atoms with Crippen LogP contribution in [-0.2, 0) is 9.53 Å². The molecular formula is C14H20N2O3. The van der Waals surface area contributed by atoms with Gasteiger partial charge in [-0.2, -0.15) is 0 Å². The van der Waals surface area contributed by atoms with E-state index in [0.717, 1.165) is 5.56 Å². The molecule has 0 fully saturated rings. The van der Waals surface area contributed by atoms with Crippen LogP contribution in [0.2, 0.25) is 0 Å². The highest BCUT2D eigenvalue weighted by Crippen LogP contribution is 2.16. The van der Waals surface area contributed by atoms with Gasteiger partial charge in [0.15, 0.2) is 0 Å². The summed E-state index contributed by atoms with van der Waals surface area (Å²) in [6.45, 7) is 6.67. The number of carbonyl (C=O) groups is 2. The van der Waals surface area contributed by atoms with Crippen LogP contribution >= 0.6 is 0 Å². The fourth-order valence-electron chi connectivity index (χ4n) is 1.59. The maximum atomic E-state index is 11.7. The van der Waals surface area contributed by atoms with E-state index < -0.39 is 0 Å². The lowest BCUT2D eigenvalue weighted by atomic mass is 10.1. The molecule has 0 aliphatic rings. The Balaban J connectivity index is 2.72. The van der Waals surface area contributed by atoms with E-state index >= 15 is 0 Å². The van der Waals surface area contributed by atoms with Crippen molar-refractivity contribution in [3.63, 3.8) is 0 Å². The Kier molecular flexibility index (Phi) is 6.02. The van der Waals surface area contributed by atoms with Crippen molar-refractivity contribution >= 4 is 17.5 Å². The number of hydrogen-bond acceptors (Lipinski definition) is 3. The number of aryl methyl sites for hydroxylation is 1. The third-order valence-electron chi connectivity index (χ3n) is 2.54. The average Bonchev–Trinajstić information content (AvgIpc) is 2.39. The molecule has 2 amide bonds. The zero-order valence-corrected chi connectivity index (χ0v) is 11.6. The number of ether oxygens (including phenoxy) is 1. The Morgan fingerprint density at radius 3 is 2.58 bits per heavy atom. The number of carbonyl (C=O) groups excluding carboxylic acids is 2. The highest BCUT2D eigenvalue weighted by Gasteiger charge is 2.08. The molecule has 5 nitrogen and oxygen atoms in total. The van der Waals surface area contributed by atoms with Gasteiger partial charge in [0, 0.05) is 24.4 Å². The van der Waals surface area contributed by atoms with Crippen LogP contribution in [0.3, 0.4) is 0 Å². The molecule has 1 aromatic carbocycles. The topological polar surface area (TPSA) is 67.4 Å². The highest BCUT2D eigenvalue weighted by molar-refractivity contribution is 5.96. The van der Waals surface area contributed by atoms with E-state index in [0.29, 0.717) is 24.4 Å². The molecule has 0 aromatic heterocycles. The molecule has 0 aliphatic carbocycles. The van der Waals surface area contributed by atoms with Crippen molar-refractivity contribution < 1.29 is 14.3 Å². The second kappa shape index (κ2) is 7.53. The number of rotatable bonds is 6. The highest BCUT2D eigenvalue weighted by atomic mass is 16.5. The monoisotopic (exact) mass is 264 g/mol. The Morgan fingerprint density at radius 1 is 1.26 bits per heavy atom. The predicted molar refractivity (Wildman–Crippen MR) is 74.3 cm³/mol. The van der Waals surface area contributed by atoms with Gasteiger partial charge in [-0.3, -0.25) is 9.59 Å². The summed E-state index contributed by atoms with van der Waals surface area (Å²) in [6.07, 6.45) is 0. The molecule has 0 heterocycles. The molecule has 19 heavy (non-hydrogen) atoms. The third kappa shape index (κ3) is 4.71. The molecule has 0 unspecified atom stereocenters. The molecule has 5 heteroatoms. The summed E-state index contributed by atoms with van der Waals surface area (Å²) in [6, 6.07) is 5.17. The van der Waals surface area contributed by atoms with Crippen molar-refractivity contribution in [2.75, 3.05) is 25.1 Å². The molecule has 2 N–H and O–H groups in total. The van der Waals surface area contributed by atoms with E-state index in [9.17, 15) is 9.59 Å². The number of anilines is 1. The lowest BCUT2D eigenvalue weighted by molar-refractivity contribution is -0.120. The number of benzene rings is 1. The van der Waals surface area contributed by atoms with E-state index in [1.165, 1.54) is 0 Å². The van der Waals surface area contributed by atoms with Crippen molar-refractivity contribution in [3.8, 4) is 0 Å². The minimum absolute atomic E-state index is 0.0357. The Labute approximate surface area is 113 Å². The van der Waals surface area contributed by atoms with Crippen LogP contribution in [0.4, 0.5) is 5.69 Å². The van der Waals surface area contributed by atoms with Crippen molar-refractivity contribution in [1.29, 1.82) is 0 Å². The van der Waals surface area contributed by atoms with Gasteiger partial charge in [-0.25, -0.2) is 0 Å². The van der Waals surface area contributed by atoms with Gasteiger partial charge in [0.1, 0.15) is 6.61 Å². The van der Waals surface area contributed by atoms with Gasteiger partial charge in [-0.05, 0) is 44.5 Å². The summed E-state index contributed by atoms with van der Waals surface area (Å²) < 4.78 is 5.03. The molecule has 0 atom stereocenters. The second-order valence-corrected chi connectivity index (χ2v) is 4.07. The molecular weight excluding hydrogens is 244 g/mol. The van der Waals surface area contributed by atoms with Gasteiger partial charge < -0.3 is 15.4 Å². The normalized spacial score (nSPS) is 10.1. The van der Waals surface area contributed by atoms with E-state index in [2.05, 4.69) is 10.6 Å². The van der Waals surface area contributed by atoms with E-state index in [-0.39, 0.29) is 18.4 Å². The smallest absolute Gasteiger partial charge is 0.251 e. The van der Waals surface area contributed by atoms with Crippen LogP contribution in [0, 0.1) is 6.92 Å². The zero-order valence-electron chi connectivity index (χ0n) is 11.6. The molecule has 1 aromatic rings. The molecule has 104 valence electrons. The predicted octanol–water partition coefficient (Wildman–Crippen LogP) is 1.72. The third-order valence-corrected chi connectivity index (χ3v) is 2.54. The molecule has 0 bridgehead atoms. The molecule has 1 rings (SSSR count). The van der Waals surface area contributed by atoms with Gasteiger partial charge in [0.2, 0.25) is 5.91 Å². The van der Waals surface area contributed by atoms with Gasteiger partial charge in [-0.15, -0.1) is 0 Å². The standard InChI is InChI=1S/C14H20N2O3/c1-4-15-14(18)11-6-7-12(10(3)8-11)16-13(17)9-19-5-2/h6-8H,4-5,9H2,1-3H3,(H,15,18)(H,16,17). The summed E-state index contributed by atoms with van der Waals surface area (Å²) in [5.41, 5.74) is 2.12. The fourth-order valence-corrected chi connectivity index (χ4v) is 1.59. The first-order valence-electron chi connectivity index (χ1n) is 6.34. The van der Waals surface area contributed by atoms with Crippen LogP contribution in [0.25, 0.3) is 0 Å². The van der Waals surface area contributed by atoms with Gasteiger partial charge in [0.05, 0.1) is 0 Å². The van der Waals surface area contributed by atoms with Crippen molar-refractivity contribution in [2.45, 2.75) is 20.8 Å². The summed E-state index contributed by atoms with van der Waals surface area (Å²) in [7, 11) is 0. The van der Waals surface area contributed by atoms with Crippen LogP contribution in [0.15, 0.2) is 18.2 Å². The maximum Gasteiger partial charge on any atom is 0.251 e. The molecule has 0 aliphatic heterocycles. The van der Waals surface area contributed by atoms with Crippen LogP contribution in [-0.4, -0.2) is 31.6 Å². The van der Waals surface area contributed by atoms with E-state index in [1.807, 2.05) is 20.8 Å². The fraction of sp³-hybridized carbons (Fsp3) is 0.429. The van der Waals surface area contributed by atoms with Gasteiger partial charge >= 0.3 is 0 Å². The first-order chi connectivity index (χ1) is 9.08. The minimum atomic E-state index is -0.198. The van der Waals surface area contributed by atoms with E-state index in [4.69, 9.17) is 4.74 Å². The van der Waals surface area contributed by atoms with Crippen LogP contribution in [0.1, 0.15) is 29.8 Å². The van der Waals surface area contributed by atoms with Crippen LogP contribution < -0.4 is 10.6 Å². The molecule has 0 spiro atoms. The lowest BCUT2D eigenvalue weighted by Gasteiger charge is -2.10. The van der Waals surface area contributed by atoms with E-state index in [1.54, 1.807) is 18.2 Å². The number of nitrogens with one attached hydrogen (secondary N) is 2. The summed E-state index contributed by atoms with van der Waals surface area (Å²) in [5, 5.41) is 5.48. The summed E-state index contributed by atoms with van der Waals surface area (Å²) in [4.78, 5) is 23.2. The summed E-state index contributed by atoms with van der Waals surface area (Å²) in [5.74, 6) is -0.312. The minimum Gasteiger partial charge on any atom is -0.372 e. The Bertz CT molecular complexity index is 458. The SMILES string of the molecule is CCNC(=O)c1ccc(NC(=O)COCC)c(C)c1. The number of hydrogen-bond donors (Lipinski definition) is 2. The maximum absolute atomic E-state index is 11.7. The average molecular weight is 264 g/mol. The molecule has 0 radical (unpaired) electrons. The zero-order chi connectivity index (χ0) is 14.3. The van der Waals surface area contributed by atoms with Crippen molar-refractivity contribution in [3.05, 3.63) is 29.3 Å². The molecule has 0 saturated heterocycles. The summed E-state index contributed by atoms with van der Waals surface area (Å²) >= 11 is 0. The van der Waals surface area contributed by atoms with Gasteiger partial charge in [0.25, 0.3) is 5.91 Å². The first-order valence-corrected chi connectivity index (χ1v) is 6.34.